The van der Waals surface area contributed by atoms with Crippen LogP contribution in [-0.4, -0.2) is 37.9 Å². The molecule has 0 bridgehead atoms. The maximum Gasteiger partial charge on any atom is 0.220 e. The van der Waals surface area contributed by atoms with Crippen LogP contribution >= 0.6 is 0 Å². The van der Waals surface area contributed by atoms with E-state index in [4.69, 9.17) is 15.7 Å². The smallest absolute Gasteiger partial charge is 0.220 e. The van der Waals surface area contributed by atoms with Crippen LogP contribution in [-0.2, 0) is 0 Å². The van der Waals surface area contributed by atoms with Gasteiger partial charge < -0.3 is 15.7 Å². The molecule has 0 amide bonds. The maximum absolute atomic E-state index is 8.49. The SMILES string of the molecule is COc1cc(-n2cnc(/C(N)=N/O)n2)ccn1. The zero-order chi connectivity index (χ0) is 12.3. The normalized spacial score (nSPS) is 11.5. The highest BCUT2D eigenvalue weighted by Crippen LogP contribution is 2.11. The number of nitrogens with zero attached hydrogens (tertiary/aromatic N) is 5. The highest BCUT2D eigenvalue weighted by atomic mass is 16.5. The lowest BCUT2D eigenvalue weighted by molar-refractivity contribution is 0.318. The summed E-state index contributed by atoms with van der Waals surface area (Å²) >= 11 is 0. The van der Waals surface area contributed by atoms with Crippen LogP contribution < -0.4 is 10.5 Å². The largest absolute Gasteiger partial charge is 0.481 e. The molecule has 0 aliphatic heterocycles. The van der Waals surface area contributed by atoms with Crippen molar-refractivity contribution in [3.63, 3.8) is 0 Å². The first-order valence-corrected chi connectivity index (χ1v) is 4.64. The van der Waals surface area contributed by atoms with Gasteiger partial charge in [-0.15, -0.1) is 5.10 Å². The Hall–Kier alpha value is -2.64. The Kier molecular flexibility index (Phi) is 2.86. The molecule has 0 aliphatic carbocycles. The lowest BCUT2D eigenvalue weighted by Crippen LogP contribution is -2.15. The van der Waals surface area contributed by atoms with Crippen LogP contribution in [0, 0.1) is 0 Å². The van der Waals surface area contributed by atoms with Crippen LogP contribution in [0.15, 0.2) is 29.8 Å². The van der Waals surface area contributed by atoms with E-state index in [0.29, 0.717) is 11.6 Å². The van der Waals surface area contributed by atoms with Crippen molar-refractivity contribution in [2.45, 2.75) is 0 Å². The van der Waals surface area contributed by atoms with E-state index < -0.39 is 0 Å². The van der Waals surface area contributed by atoms with E-state index in [0.717, 1.165) is 0 Å². The molecule has 0 aliphatic rings. The first-order valence-electron chi connectivity index (χ1n) is 4.64. The summed E-state index contributed by atoms with van der Waals surface area (Å²) in [6, 6.07) is 3.41. The van der Waals surface area contributed by atoms with Crippen molar-refractivity contribution in [1.29, 1.82) is 0 Å². The second kappa shape index (κ2) is 4.47. The number of methoxy groups -OCH3 is 1. The van der Waals surface area contributed by atoms with Gasteiger partial charge in [-0.3, -0.25) is 0 Å². The van der Waals surface area contributed by atoms with E-state index in [2.05, 4.69) is 20.2 Å². The first kappa shape index (κ1) is 10.9. The van der Waals surface area contributed by atoms with Crippen molar-refractivity contribution in [3.8, 4) is 11.6 Å². The van der Waals surface area contributed by atoms with E-state index in [9.17, 15) is 0 Å². The van der Waals surface area contributed by atoms with Crippen LogP contribution in [0.4, 0.5) is 0 Å². The second-order valence-electron chi connectivity index (χ2n) is 3.05. The topological polar surface area (TPSA) is 111 Å². The Balaban J connectivity index is 2.36. The van der Waals surface area contributed by atoms with Crippen LogP contribution in [0.1, 0.15) is 5.82 Å². The van der Waals surface area contributed by atoms with Gasteiger partial charge in [-0.25, -0.2) is 14.6 Å². The average Bonchev–Trinajstić information content (AvgIpc) is 2.87. The van der Waals surface area contributed by atoms with Crippen LogP contribution in [0.3, 0.4) is 0 Å². The molecule has 0 aromatic carbocycles. The molecular formula is C9H10N6O2. The summed E-state index contributed by atoms with van der Waals surface area (Å²) in [7, 11) is 1.52. The molecule has 0 saturated heterocycles. The van der Waals surface area contributed by atoms with Gasteiger partial charge >= 0.3 is 0 Å². The van der Waals surface area contributed by atoms with Gasteiger partial charge in [0.05, 0.1) is 12.8 Å². The third kappa shape index (κ3) is 2.14. The molecule has 2 aromatic heterocycles. The highest BCUT2D eigenvalue weighted by Gasteiger charge is 2.07. The molecule has 0 atom stereocenters. The van der Waals surface area contributed by atoms with Gasteiger partial charge in [-0.05, 0) is 6.07 Å². The van der Waals surface area contributed by atoms with Gasteiger partial charge in [0.15, 0.2) is 0 Å². The quantitative estimate of drug-likeness (QED) is 0.328. The standard InChI is InChI=1S/C9H10N6O2/c1-17-7-4-6(2-3-11-7)15-5-12-9(13-15)8(10)14-16/h2-5,16H,1H3,(H2,10,14). The van der Waals surface area contributed by atoms with Gasteiger partial charge in [0.1, 0.15) is 6.33 Å². The fourth-order valence-electron chi connectivity index (χ4n) is 1.20. The molecule has 2 aromatic rings. The molecule has 17 heavy (non-hydrogen) atoms. The Bertz CT molecular complexity index is 550. The molecule has 0 fully saturated rings. The minimum absolute atomic E-state index is 0.142. The Labute approximate surface area is 96.4 Å². The monoisotopic (exact) mass is 234 g/mol. The van der Waals surface area contributed by atoms with E-state index in [-0.39, 0.29) is 11.7 Å². The predicted molar refractivity (Wildman–Crippen MR) is 58.2 cm³/mol. The number of oxime groups is 1. The number of hydrogen-bond donors (Lipinski definition) is 2. The number of nitrogens with two attached hydrogens (primary N) is 1. The minimum Gasteiger partial charge on any atom is -0.481 e. The van der Waals surface area contributed by atoms with Crippen molar-refractivity contribution < 1.29 is 9.94 Å². The van der Waals surface area contributed by atoms with Crippen molar-refractivity contribution in [1.82, 2.24) is 19.7 Å². The van der Waals surface area contributed by atoms with E-state index in [1.807, 2.05) is 0 Å². The number of ether oxygens (including phenoxy) is 1. The summed E-state index contributed by atoms with van der Waals surface area (Å²) < 4.78 is 6.46. The summed E-state index contributed by atoms with van der Waals surface area (Å²) in [6.45, 7) is 0. The molecule has 0 saturated carbocycles. The molecule has 0 spiro atoms. The van der Waals surface area contributed by atoms with Gasteiger partial charge in [0.25, 0.3) is 0 Å². The maximum atomic E-state index is 8.49. The van der Waals surface area contributed by atoms with Crippen molar-refractivity contribution >= 4 is 5.84 Å². The Morgan fingerprint density at radius 1 is 1.53 bits per heavy atom. The van der Waals surface area contributed by atoms with Crippen LogP contribution in [0.2, 0.25) is 0 Å². The van der Waals surface area contributed by atoms with Crippen molar-refractivity contribution in [3.05, 3.63) is 30.5 Å². The lowest BCUT2D eigenvalue weighted by atomic mass is 10.4. The van der Waals surface area contributed by atoms with Crippen molar-refractivity contribution in [2.24, 2.45) is 10.9 Å². The predicted octanol–water partition coefficient (Wildman–Crippen LogP) is -0.235. The molecule has 8 nitrogen and oxygen atoms in total. The molecular weight excluding hydrogens is 224 g/mol. The minimum atomic E-state index is -0.148. The third-order valence-corrected chi connectivity index (χ3v) is 2.02. The fourth-order valence-corrected chi connectivity index (χ4v) is 1.20. The molecule has 88 valence electrons. The number of aromatic nitrogens is 4. The lowest BCUT2D eigenvalue weighted by Gasteiger charge is -2.02. The second-order valence-corrected chi connectivity index (χ2v) is 3.05. The summed E-state index contributed by atoms with van der Waals surface area (Å²) in [4.78, 5) is 7.86. The summed E-state index contributed by atoms with van der Waals surface area (Å²) in [6.07, 6.45) is 3.03. The molecule has 0 radical (unpaired) electrons. The summed E-state index contributed by atoms with van der Waals surface area (Å²) in [5.41, 5.74) is 6.08. The van der Waals surface area contributed by atoms with Gasteiger partial charge in [0, 0.05) is 12.3 Å². The fraction of sp³-hybridized carbons (Fsp3) is 0.111. The average molecular weight is 234 g/mol. The van der Waals surface area contributed by atoms with Gasteiger partial charge in [-0.2, -0.15) is 0 Å². The summed E-state index contributed by atoms with van der Waals surface area (Å²) in [5, 5.41) is 15.3. The highest BCUT2D eigenvalue weighted by molar-refractivity contribution is 5.93. The Morgan fingerprint density at radius 2 is 2.35 bits per heavy atom. The zero-order valence-corrected chi connectivity index (χ0v) is 8.98. The molecule has 0 unspecified atom stereocenters. The molecule has 3 N–H and O–H groups in total. The number of rotatable bonds is 3. The van der Waals surface area contributed by atoms with Crippen molar-refractivity contribution in [2.75, 3.05) is 7.11 Å². The molecule has 8 heteroatoms. The van der Waals surface area contributed by atoms with Crippen LogP contribution in [0.5, 0.6) is 5.88 Å². The summed E-state index contributed by atoms with van der Waals surface area (Å²) in [5.74, 6) is 0.455. The van der Waals surface area contributed by atoms with Crippen LogP contribution in [0.25, 0.3) is 5.69 Å². The van der Waals surface area contributed by atoms with E-state index in [1.165, 1.54) is 18.1 Å². The number of hydrogen-bond acceptors (Lipinski definition) is 6. The first-order chi connectivity index (χ1) is 8.24. The van der Waals surface area contributed by atoms with Gasteiger partial charge in [0.2, 0.25) is 17.5 Å². The Morgan fingerprint density at radius 3 is 3.06 bits per heavy atom. The molecule has 2 heterocycles. The van der Waals surface area contributed by atoms with Gasteiger partial charge in [-0.1, -0.05) is 5.16 Å². The van der Waals surface area contributed by atoms with E-state index >= 15 is 0 Å². The number of pyridine rings is 1. The zero-order valence-electron chi connectivity index (χ0n) is 8.98. The third-order valence-electron chi connectivity index (χ3n) is 2.02. The number of amidine groups is 1. The molecule has 2 rings (SSSR count). The van der Waals surface area contributed by atoms with E-state index in [1.54, 1.807) is 18.3 Å².